The van der Waals surface area contributed by atoms with Gasteiger partial charge in [-0.2, -0.15) is 0 Å². The fraction of sp³-hybridized carbons (Fsp3) is 0.538. The highest BCUT2D eigenvalue weighted by Crippen LogP contribution is 2.25. The quantitative estimate of drug-likeness (QED) is 0.803. The predicted molar refractivity (Wildman–Crippen MR) is 65.9 cm³/mol. The minimum atomic E-state index is 0.168. The van der Waals surface area contributed by atoms with Crippen molar-refractivity contribution in [2.24, 2.45) is 0 Å². The second kappa shape index (κ2) is 6.51. The van der Waals surface area contributed by atoms with Gasteiger partial charge < -0.3 is 14.8 Å². The van der Waals surface area contributed by atoms with Gasteiger partial charge in [-0.05, 0) is 6.07 Å². The molecule has 1 atom stereocenters. The highest BCUT2D eigenvalue weighted by Gasteiger charge is 2.15. The van der Waals surface area contributed by atoms with E-state index in [2.05, 4.69) is 25.2 Å². The summed E-state index contributed by atoms with van der Waals surface area (Å²) in [5.41, 5.74) is 1.14. The van der Waals surface area contributed by atoms with Gasteiger partial charge in [-0.3, -0.25) is 0 Å². The molecule has 16 heavy (non-hydrogen) atoms. The van der Waals surface area contributed by atoms with E-state index in [9.17, 15) is 0 Å². The first-order valence-corrected chi connectivity index (χ1v) is 5.57. The molecule has 0 radical (unpaired) electrons. The highest BCUT2D eigenvalue weighted by atomic mass is 16.5. The molecule has 0 aliphatic rings. The van der Waals surface area contributed by atoms with Crippen LogP contribution < -0.4 is 10.1 Å². The molecule has 0 saturated carbocycles. The molecule has 1 aromatic carbocycles. The molecule has 0 aliphatic heterocycles. The normalized spacial score (nSPS) is 12.8. The minimum absolute atomic E-state index is 0.168. The number of methoxy groups -OCH3 is 2. The van der Waals surface area contributed by atoms with E-state index in [1.807, 2.05) is 18.2 Å². The number of ether oxygens (including phenoxy) is 2. The summed E-state index contributed by atoms with van der Waals surface area (Å²) in [6.07, 6.45) is 0. The molecular weight excluding hydrogens is 202 g/mol. The van der Waals surface area contributed by atoms with E-state index >= 15 is 0 Å². The number of nitrogens with one attached hydrogen (secondary N) is 1. The number of benzene rings is 1. The van der Waals surface area contributed by atoms with Gasteiger partial charge in [0.2, 0.25) is 0 Å². The fourth-order valence-corrected chi connectivity index (χ4v) is 1.75. The van der Waals surface area contributed by atoms with Gasteiger partial charge in [-0.25, -0.2) is 0 Å². The Labute approximate surface area is 97.8 Å². The van der Waals surface area contributed by atoms with Crippen LogP contribution in [0.1, 0.15) is 25.5 Å². The van der Waals surface area contributed by atoms with Crippen molar-refractivity contribution < 1.29 is 9.47 Å². The first-order valence-electron chi connectivity index (χ1n) is 5.57. The van der Waals surface area contributed by atoms with Crippen molar-refractivity contribution in [3.63, 3.8) is 0 Å². The van der Waals surface area contributed by atoms with Crippen LogP contribution in [0, 0.1) is 0 Å². The molecule has 0 aromatic heterocycles. The monoisotopic (exact) mass is 223 g/mol. The lowest BCUT2D eigenvalue weighted by Gasteiger charge is -2.22. The fourth-order valence-electron chi connectivity index (χ4n) is 1.75. The van der Waals surface area contributed by atoms with Crippen molar-refractivity contribution in [2.75, 3.05) is 20.8 Å². The van der Waals surface area contributed by atoms with E-state index in [0.717, 1.165) is 11.3 Å². The molecule has 90 valence electrons. The molecule has 3 heteroatoms. The summed E-state index contributed by atoms with van der Waals surface area (Å²) in [5.74, 6) is 0.901. The van der Waals surface area contributed by atoms with Crippen molar-refractivity contribution in [1.29, 1.82) is 0 Å². The molecular formula is C13H21NO2. The number of rotatable bonds is 6. The molecule has 0 aliphatic carbocycles. The summed E-state index contributed by atoms with van der Waals surface area (Å²) >= 11 is 0. The van der Waals surface area contributed by atoms with Gasteiger partial charge in [0, 0.05) is 18.7 Å². The number of para-hydroxylation sites is 1. The SMILES string of the molecule is COC[C@H](NC(C)C)c1ccccc1OC. The molecule has 3 nitrogen and oxygen atoms in total. The maximum Gasteiger partial charge on any atom is 0.123 e. The van der Waals surface area contributed by atoms with Gasteiger partial charge in [0.25, 0.3) is 0 Å². The summed E-state index contributed by atoms with van der Waals surface area (Å²) in [7, 11) is 3.41. The minimum Gasteiger partial charge on any atom is -0.496 e. The summed E-state index contributed by atoms with van der Waals surface area (Å²) < 4.78 is 10.6. The lowest BCUT2D eigenvalue weighted by molar-refractivity contribution is 0.161. The van der Waals surface area contributed by atoms with E-state index in [-0.39, 0.29) is 6.04 Å². The number of hydrogen-bond acceptors (Lipinski definition) is 3. The van der Waals surface area contributed by atoms with Crippen LogP contribution in [0.5, 0.6) is 5.75 Å². The first-order chi connectivity index (χ1) is 7.69. The van der Waals surface area contributed by atoms with Crippen LogP contribution in [-0.2, 0) is 4.74 Å². The summed E-state index contributed by atoms with van der Waals surface area (Å²) in [6, 6.07) is 8.60. The van der Waals surface area contributed by atoms with Gasteiger partial charge in [0.15, 0.2) is 0 Å². The van der Waals surface area contributed by atoms with E-state index in [1.54, 1.807) is 14.2 Å². The van der Waals surface area contributed by atoms with Crippen molar-refractivity contribution >= 4 is 0 Å². The van der Waals surface area contributed by atoms with Crippen molar-refractivity contribution in [3.8, 4) is 5.75 Å². The van der Waals surface area contributed by atoms with E-state index in [4.69, 9.17) is 9.47 Å². The van der Waals surface area contributed by atoms with Crippen LogP contribution in [-0.4, -0.2) is 26.9 Å². The molecule has 1 N–H and O–H groups in total. The van der Waals surface area contributed by atoms with Crippen LogP contribution in [0.4, 0.5) is 0 Å². The third kappa shape index (κ3) is 3.51. The average Bonchev–Trinajstić information content (AvgIpc) is 2.28. The van der Waals surface area contributed by atoms with Crippen molar-refractivity contribution in [2.45, 2.75) is 25.9 Å². The van der Waals surface area contributed by atoms with Crippen LogP contribution in [0.2, 0.25) is 0 Å². The largest absolute Gasteiger partial charge is 0.496 e. The van der Waals surface area contributed by atoms with Gasteiger partial charge in [0.05, 0.1) is 19.8 Å². The molecule has 0 spiro atoms. The highest BCUT2D eigenvalue weighted by molar-refractivity contribution is 5.36. The molecule has 0 unspecified atom stereocenters. The lowest BCUT2D eigenvalue weighted by Crippen LogP contribution is -2.31. The molecule has 0 amide bonds. The Morgan fingerprint density at radius 2 is 1.88 bits per heavy atom. The van der Waals surface area contributed by atoms with E-state index < -0.39 is 0 Å². The Balaban J connectivity index is 2.90. The van der Waals surface area contributed by atoms with E-state index in [0.29, 0.717) is 12.6 Å². The zero-order chi connectivity index (χ0) is 12.0. The lowest BCUT2D eigenvalue weighted by atomic mass is 10.1. The van der Waals surface area contributed by atoms with Gasteiger partial charge in [-0.15, -0.1) is 0 Å². The Hall–Kier alpha value is -1.06. The summed E-state index contributed by atoms with van der Waals surface area (Å²) in [5, 5.41) is 3.47. The molecule has 0 fully saturated rings. The third-order valence-electron chi connectivity index (χ3n) is 2.38. The third-order valence-corrected chi connectivity index (χ3v) is 2.38. The maximum absolute atomic E-state index is 5.36. The second-order valence-electron chi connectivity index (χ2n) is 4.07. The Morgan fingerprint density at radius 1 is 1.19 bits per heavy atom. The first kappa shape index (κ1) is 13.0. The molecule has 0 bridgehead atoms. The second-order valence-corrected chi connectivity index (χ2v) is 4.07. The Morgan fingerprint density at radius 3 is 2.44 bits per heavy atom. The Kier molecular flexibility index (Phi) is 5.29. The zero-order valence-corrected chi connectivity index (χ0v) is 10.5. The summed E-state index contributed by atoms with van der Waals surface area (Å²) in [4.78, 5) is 0. The van der Waals surface area contributed by atoms with Crippen LogP contribution in [0.15, 0.2) is 24.3 Å². The van der Waals surface area contributed by atoms with Gasteiger partial charge in [0.1, 0.15) is 5.75 Å². The zero-order valence-electron chi connectivity index (χ0n) is 10.5. The van der Waals surface area contributed by atoms with Gasteiger partial charge in [-0.1, -0.05) is 32.0 Å². The van der Waals surface area contributed by atoms with E-state index in [1.165, 1.54) is 0 Å². The standard InChI is InChI=1S/C13H21NO2/c1-10(2)14-12(9-15-3)11-7-5-6-8-13(11)16-4/h5-8,10,12,14H,9H2,1-4H3/t12-/m0/s1. The predicted octanol–water partition coefficient (Wildman–Crippen LogP) is 2.38. The van der Waals surface area contributed by atoms with Crippen molar-refractivity contribution in [1.82, 2.24) is 5.32 Å². The van der Waals surface area contributed by atoms with Gasteiger partial charge >= 0.3 is 0 Å². The van der Waals surface area contributed by atoms with Crippen molar-refractivity contribution in [3.05, 3.63) is 29.8 Å². The van der Waals surface area contributed by atoms with Crippen LogP contribution in [0.25, 0.3) is 0 Å². The Bertz CT molecular complexity index is 313. The molecule has 0 saturated heterocycles. The van der Waals surface area contributed by atoms with Crippen LogP contribution >= 0.6 is 0 Å². The van der Waals surface area contributed by atoms with Crippen LogP contribution in [0.3, 0.4) is 0 Å². The smallest absolute Gasteiger partial charge is 0.123 e. The molecule has 1 rings (SSSR count). The molecule has 1 aromatic rings. The maximum atomic E-state index is 5.36. The summed E-state index contributed by atoms with van der Waals surface area (Å²) in [6.45, 7) is 4.88. The topological polar surface area (TPSA) is 30.5 Å². The number of hydrogen-bond donors (Lipinski definition) is 1. The average molecular weight is 223 g/mol. The molecule has 0 heterocycles.